The first kappa shape index (κ1) is 10.3. The maximum Gasteiger partial charge on any atom is 0.276 e. The zero-order chi connectivity index (χ0) is 10.7. The highest BCUT2D eigenvalue weighted by atomic mass is 16.6. The van der Waals surface area contributed by atoms with Crippen LogP contribution < -0.4 is 5.73 Å². The normalized spacial score (nSPS) is 10.1. The molecule has 0 atom stereocenters. The minimum absolute atomic E-state index is 0.00713. The van der Waals surface area contributed by atoms with Crippen molar-refractivity contribution in [2.24, 2.45) is 0 Å². The molecule has 0 fully saturated rings. The number of benzene rings is 1. The van der Waals surface area contributed by atoms with E-state index in [1.165, 1.54) is 12.1 Å². The third-order valence-corrected chi connectivity index (χ3v) is 1.85. The summed E-state index contributed by atoms with van der Waals surface area (Å²) in [5, 5.41) is 28.6. The summed E-state index contributed by atoms with van der Waals surface area (Å²) in [5.41, 5.74) is 5.27. The Kier molecular flexibility index (Phi) is 2.88. The molecular weight excluding hydrogens is 188 g/mol. The second-order valence-electron chi connectivity index (χ2n) is 2.73. The van der Waals surface area contributed by atoms with E-state index in [1.54, 1.807) is 0 Å². The average Bonchev–Trinajstić information content (AvgIpc) is 2.13. The standard InChI is InChI=1S/C8H10N2O4/c9-6-1-2-7(10(13)14)5(3-4-11)8(6)12/h1-2,11-12H,3-4,9H2. The molecule has 76 valence electrons. The fourth-order valence-corrected chi connectivity index (χ4v) is 1.17. The zero-order valence-corrected chi connectivity index (χ0v) is 7.30. The van der Waals surface area contributed by atoms with Crippen molar-refractivity contribution in [3.63, 3.8) is 0 Å². The number of phenols is 1. The van der Waals surface area contributed by atoms with E-state index in [-0.39, 0.29) is 35.7 Å². The molecule has 0 heterocycles. The number of phenolic OH excluding ortho intramolecular Hbond substituents is 1. The van der Waals surface area contributed by atoms with Gasteiger partial charge in [-0.05, 0) is 6.07 Å². The van der Waals surface area contributed by atoms with Gasteiger partial charge in [-0.15, -0.1) is 0 Å². The number of anilines is 1. The number of nitro benzene ring substituents is 1. The number of nitro groups is 1. The predicted octanol–water partition coefficient (Wildman–Crippen LogP) is 0.417. The van der Waals surface area contributed by atoms with Crippen molar-refractivity contribution in [2.45, 2.75) is 6.42 Å². The van der Waals surface area contributed by atoms with Crippen molar-refractivity contribution in [1.29, 1.82) is 0 Å². The van der Waals surface area contributed by atoms with Crippen molar-refractivity contribution in [3.05, 3.63) is 27.8 Å². The number of aliphatic hydroxyl groups excluding tert-OH is 1. The lowest BCUT2D eigenvalue weighted by atomic mass is 10.1. The molecule has 6 heteroatoms. The lowest BCUT2D eigenvalue weighted by molar-refractivity contribution is -0.385. The molecule has 14 heavy (non-hydrogen) atoms. The minimum Gasteiger partial charge on any atom is -0.505 e. The maximum atomic E-state index is 10.5. The Bertz CT molecular complexity index is 365. The fraction of sp³-hybridized carbons (Fsp3) is 0.250. The Morgan fingerprint density at radius 3 is 2.64 bits per heavy atom. The highest BCUT2D eigenvalue weighted by Crippen LogP contribution is 2.32. The predicted molar refractivity (Wildman–Crippen MR) is 50.0 cm³/mol. The Labute approximate surface area is 79.7 Å². The monoisotopic (exact) mass is 198 g/mol. The van der Waals surface area contributed by atoms with Gasteiger partial charge in [0.25, 0.3) is 5.69 Å². The van der Waals surface area contributed by atoms with E-state index < -0.39 is 4.92 Å². The van der Waals surface area contributed by atoms with Crippen molar-refractivity contribution in [1.82, 2.24) is 0 Å². The molecule has 1 aromatic rings. The third kappa shape index (κ3) is 1.74. The van der Waals surface area contributed by atoms with Gasteiger partial charge in [0, 0.05) is 19.1 Å². The quantitative estimate of drug-likeness (QED) is 0.282. The number of hydrogen-bond acceptors (Lipinski definition) is 5. The van der Waals surface area contributed by atoms with Crippen LogP contribution in [0.1, 0.15) is 5.56 Å². The molecule has 1 rings (SSSR count). The van der Waals surface area contributed by atoms with E-state index in [9.17, 15) is 15.2 Å². The van der Waals surface area contributed by atoms with Gasteiger partial charge in [0.05, 0.1) is 16.2 Å². The van der Waals surface area contributed by atoms with Crippen LogP contribution in [-0.2, 0) is 6.42 Å². The zero-order valence-electron chi connectivity index (χ0n) is 7.30. The number of nitrogens with zero attached hydrogens (tertiary/aromatic N) is 1. The SMILES string of the molecule is Nc1ccc([N+](=O)[O-])c(CCO)c1O. The molecule has 4 N–H and O–H groups in total. The number of rotatable bonds is 3. The van der Waals surface area contributed by atoms with Crippen LogP contribution in [0, 0.1) is 10.1 Å². The molecule has 0 aliphatic carbocycles. The molecule has 0 saturated carbocycles. The molecule has 0 amide bonds. The fourth-order valence-electron chi connectivity index (χ4n) is 1.17. The Morgan fingerprint density at radius 1 is 1.50 bits per heavy atom. The maximum absolute atomic E-state index is 10.5. The molecule has 1 aromatic carbocycles. The molecule has 0 aromatic heterocycles. The van der Waals surface area contributed by atoms with E-state index >= 15 is 0 Å². The van der Waals surface area contributed by atoms with Gasteiger partial charge in [0.1, 0.15) is 5.75 Å². The van der Waals surface area contributed by atoms with Crippen molar-refractivity contribution >= 4 is 11.4 Å². The number of hydrogen-bond donors (Lipinski definition) is 3. The lowest BCUT2D eigenvalue weighted by Gasteiger charge is -2.05. The van der Waals surface area contributed by atoms with Crippen LogP contribution >= 0.6 is 0 Å². The summed E-state index contributed by atoms with van der Waals surface area (Å²) in [7, 11) is 0. The largest absolute Gasteiger partial charge is 0.505 e. The Morgan fingerprint density at radius 2 is 2.14 bits per heavy atom. The van der Waals surface area contributed by atoms with Crippen LogP contribution in [0.3, 0.4) is 0 Å². The van der Waals surface area contributed by atoms with E-state index in [4.69, 9.17) is 10.8 Å². The van der Waals surface area contributed by atoms with Gasteiger partial charge in [-0.1, -0.05) is 0 Å². The second-order valence-corrected chi connectivity index (χ2v) is 2.73. The third-order valence-electron chi connectivity index (χ3n) is 1.85. The second kappa shape index (κ2) is 3.93. The summed E-state index contributed by atoms with van der Waals surface area (Å²) in [4.78, 5) is 9.91. The van der Waals surface area contributed by atoms with E-state index in [2.05, 4.69) is 0 Å². The molecule has 0 spiro atoms. The van der Waals surface area contributed by atoms with E-state index in [1.807, 2.05) is 0 Å². The van der Waals surface area contributed by atoms with Crippen LogP contribution in [0.2, 0.25) is 0 Å². The smallest absolute Gasteiger partial charge is 0.276 e. The van der Waals surface area contributed by atoms with Gasteiger partial charge in [-0.3, -0.25) is 10.1 Å². The first-order valence-electron chi connectivity index (χ1n) is 3.93. The van der Waals surface area contributed by atoms with Gasteiger partial charge in [0.15, 0.2) is 0 Å². The van der Waals surface area contributed by atoms with Gasteiger partial charge >= 0.3 is 0 Å². The highest BCUT2D eigenvalue weighted by molar-refractivity contribution is 5.63. The van der Waals surface area contributed by atoms with Crippen molar-refractivity contribution in [3.8, 4) is 5.75 Å². The molecule has 0 bridgehead atoms. The van der Waals surface area contributed by atoms with Gasteiger partial charge in [-0.2, -0.15) is 0 Å². The van der Waals surface area contributed by atoms with Gasteiger partial charge < -0.3 is 15.9 Å². The van der Waals surface area contributed by atoms with Gasteiger partial charge in [-0.25, -0.2) is 0 Å². The number of aliphatic hydroxyl groups is 1. The van der Waals surface area contributed by atoms with E-state index in [0.717, 1.165) is 0 Å². The summed E-state index contributed by atoms with van der Waals surface area (Å²) >= 11 is 0. The summed E-state index contributed by atoms with van der Waals surface area (Å²) in [6.07, 6.45) is 0.00713. The average molecular weight is 198 g/mol. The number of aromatic hydroxyl groups is 1. The van der Waals surface area contributed by atoms with Crippen LogP contribution in [0.5, 0.6) is 5.75 Å². The first-order valence-corrected chi connectivity index (χ1v) is 3.93. The molecule has 0 saturated heterocycles. The number of nitrogens with two attached hydrogens (primary N) is 1. The summed E-state index contributed by atoms with van der Waals surface area (Å²) < 4.78 is 0. The van der Waals surface area contributed by atoms with Crippen LogP contribution in [0.15, 0.2) is 12.1 Å². The molecule has 6 nitrogen and oxygen atoms in total. The summed E-state index contributed by atoms with van der Waals surface area (Å²) in [6, 6.07) is 2.47. The molecule has 0 aliphatic heterocycles. The molecule has 0 unspecified atom stereocenters. The Balaban J connectivity index is 3.29. The lowest BCUT2D eigenvalue weighted by Crippen LogP contribution is -2.00. The van der Waals surface area contributed by atoms with E-state index in [0.29, 0.717) is 0 Å². The van der Waals surface area contributed by atoms with Crippen molar-refractivity contribution < 1.29 is 15.1 Å². The number of nitrogen functional groups attached to an aromatic ring is 1. The topological polar surface area (TPSA) is 110 Å². The first-order chi connectivity index (χ1) is 6.57. The van der Waals surface area contributed by atoms with Crippen LogP contribution in [0.4, 0.5) is 11.4 Å². The Hall–Kier alpha value is -1.82. The summed E-state index contributed by atoms with van der Waals surface area (Å²) in [5.74, 6) is -0.326. The van der Waals surface area contributed by atoms with Crippen molar-refractivity contribution in [2.75, 3.05) is 12.3 Å². The molecular formula is C8H10N2O4. The minimum atomic E-state index is -0.621. The molecule has 0 aliphatic rings. The van der Waals surface area contributed by atoms with Crippen LogP contribution in [-0.4, -0.2) is 21.7 Å². The summed E-state index contributed by atoms with van der Waals surface area (Å²) in [6.45, 7) is -0.280. The van der Waals surface area contributed by atoms with Crippen LogP contribution in [0.25, 0.3) is 0 Å². The van der Waals surface area contributed by atoms with Gasteiger partial charge in [0.2, 0.25) is 0 Å². The highest BCUT2D eigenvalue weighted by Gasteiger charge is 2.18. The molecule has 0 radical (unpaired) electrons.